The minimum Gasteiger partial charge on any atom is -0.482 e. The van der Waals surface area contributed by atoms with Crippen molar-refractivity contribution in [3.63, 3.8) is 0 Å². The SMILES string of the molecule is O=C(COC(=O)COc1ccc2ccccc2c1)NC(=O)NCc1ccccc1. The van der Waals surface area contributed by atoms with Gasteiger partial charge in [-0.1, -0.05) is 60.7 Å². The second-order valence-corrected chi connectivity index (χ2v) is 6.17. The first-order valence-electron chi connectivity index (χ1n) is 8.99. The van der Waals surface area contributed by atoms with Gasteiger partial charge >= 0.3 is 12.0 Å². The van der Waals surface area contributed by atoms with E-state index in [9.17, 15) is 14.4 Å². The van der Waals surface area contributed by atoms with Gasteiger partial charge in [0, 0.05) is 6.54 Å². The molecule has 148 valence electrons. The molecule has 7 heteroatoms. The molecule has 0 saturated carbocycles. The molecule has 3 aromatic rings. The molecule has 0 unspecified atom stereocenters. The van der Waals surface area contributed by atoms with Gasteiger partial charge in [0.05, 0.1) is 0 Å². The lowest BCUT2D eigenvalue weighted by Crippen LogP contribution is -2.41. The number of fused-ring (bicyclic) bond motifs is 1. The summed E-state index contributed by atoms with van der Waals surface area (Å²) in [5, 5.41) is 6.68. The minimum atomic E-state index is -0.727. The summed E-state index contributed by atoms with van der Waals surface area (Å²) < 4.78 is 10.2. The molecule has 3 amide bonds. The number of carbonyl (C=O) groups excluding carboxylic acids is 3. The summed E-state index contributed by atoms with van der Waals surface area (Å²) in [5.74, 6) is -0.919. The summed E-state index contributed by atoms with van der Waals surface area (Å²) >= 11 is 0. The molecule has 0 bridgehead atoms. The van der Waals surface area contributed by atoms with Crippen molar-refractivity contribution in [2.24, 2.45) is 0 Å². The molecular formula is C22H20N2O5. The number of hydrogen-bond acceptors (Lipinski definition) is 5. The lowest BCUT2D eigenvalue weighted by molar-refractivity contribution is -0.150. The van der Waals surface area contributed by atoms with Crippen molar-refractivity contribution in [3.8, 4) is 5.75 Å². The average Bonchev–Trinajstić information content (AvgIpc) is 2.75. The summed E-state index contributed by atoms with van der Waals surface area (Å²) in [4.78, 5) is 35.1. The van der Waals surface area contributed by atoms with E-state index in [1.807, 2.05) is 66.7 Å². The fourth-order valence-electron chi connectivity index (χ4n) is 2.57. The zero-order chi connectivity index (χ0) is 20.5. The molecule has 0 saturated heterocycles. The fourth-order valence-corrected chi connectivity index (χ4v) is 2.57. The smallest absolute Gasteiger partial charge is 0.344 e. The lowest BCUT2D eigenvalue weighted by atomic mass is 10.1. The molecule has 2 N–H and O–H groups in total. The third-order valence-electron chi connectivity index (χ3n) is 3.99. The van der Waals surface area contributed by atoms with Crippen LogP contribution >= 0.6 is 0 Å². The molecule has 3 rings (SSSR count). The van der Waals surface area contributed by atoms with Crippen molar-refractivity contribution < 1.29 is 23.9 Å². The van der Waals surface area contributed by atoms with Crippen LogP contribution in [0.5, 0.6) is 5.75 Å². The summed E-state index contributed by atoms with van der Waals surface area (Å²) in [6.45, 7) is -0.635. The Morgan fingerprint density at radius 2 is 1.52 bits per heavy atom. The maximum atomic E-state index is 11.8. The first-order chi connectivity index (χ1) is 14.1. The number of hydrogen-bond donors (Lipinski definition) is 2. The average molecular weight is 392 g/mol. The zero-order valence-electron chi connectivity index (χ0n) is 15.6. The first kappa shape index (κ1) is 19.9. The van der Waals surface area contributed by atoms with Gasteiger partial charge in [-0.2, -0.15) is 0 Å². The Labute approximate surface area is 167 Å². The Balaban J connectivity index is 1.35. The highest BCUT2D eigenvalue weighted by Gasteiger charge is 2.11. The van der Waals surface area contributed by atoms with Gasteiger partial charge in [-0.15, -0.1) is 0 Å². The fraction of sp³-hybridized carbons (Fsp3) is 0.136. The van der Waals surface area contributed by atoms with Gasteiger partial charge in [-0.3, -0.25) is 10.1 Å². The van der Waals surface area contributed by atoms with Gasteiger partial charge in [0.25, 0.3) is 5.91 Å². The van der Waals surface area contributed by atoms with Crippen LogP contribution in [0.1, 0.15) is 5.56 Å². The molecule has 7 nitrogen and oxygen atoms in total. The molecule has 29 heavy (non-hydrogen) atoms. The molecule has 0 spiro atoms. The molecular weight excluding hydrogens is 372 g/mol. The molecule has 0 aliphatic rings. The van der Waals surface area contributed by atoms with Crippen LogP contribution in [0.2, 0.25) is 0 Å². The predicted molar refractivity (Wildman–Crippen MR) is 107 cm³/mol. The van der Waals surface area contributed by atoms with Crippen molar-refractivity contribution >= 4 is 28.7 Å². The number of amides is 3. The third kappa shape index (κ3) is 6.35. The van der Waals surface area contributed by atoms with Crippen molar-refractivity contribution in [1.29, 1.82) is 0 Å². The largest absolute Gasteiger partial charge is 0.482 e. The molecule has 0 heterocycles. The molecule has 0 aliphatic heterocycles. The maximum absolute atomic E-state index is 11.8. The lowest BCUT2D eigenvalue weighted by Gasteiger charge is -2.09. The summed E-state index contributed by atoms with van der Waals surface area (Å²) in [7, 11) is 0. The monoisotopic (exact) mass is 392 g/mol. The van der Waals surface area contributed by atoms with Crippen LogP contribution in [0.4, 0.5) is 4.79 Å². The Kier molecular flexibility index (Phi) is 6.78. The molecule has 0 aromatic heterocycles. The van der Waals surface area contributed by atoms with E-state index in [1.54, 1.807) is 6.07 Å². The van der Waals surface area contributed by atoms with E-state index in [2.05, 4.69) is 10.6 Å². The van der Waals surface area contributed by atoms with Crippen LogP contribution in [-0.2, 0) is 20.9 Å². The van der Waals surface area contributed by atoms with Gasteiger partial charge < -0.3 is 14.8 Å². The van der Waals surface area contributed by atoms with Crippen molar-refractivity contribution in [1.82, 2.24) is 10.6 Å². The van der Waals surface area contributed by atoms with Gasteiger partial charge in [0.1, 0.15) is 5.75 Å². The number of urea groups is 1. The minimum absolute atomic E-state index is 0.277. The van der Waals surface area contributed by atoms with Crippen LogP contribution in [0.25, 0.3) is 10.8 Å². The van der Waals surface area contributed by atoms with Crippen LogP contribution in [0.3, 0.4) is 0 Å². The van der Waals surface area contributed by atoms with E-state index in [0.717, 1.165) is 16.3 Å². The van der Waals surface area contributed by atoms with Crippen molar-refractivity contribution in [2.75, 3.05) is 13.2 Å². The highest BCUT2D eigenvalue weighted by molar-refractivity contribution is 5.95. The highest BCUT2D eigenvalue weighted by Crippen LogP contribution is 2.20. The normalized spacial score (nSPS) is 10.2. The second kappa shape index (κ2) is 9.89. The predicted octanol–water partition coefficient (Wildman–Crippen LogP) is 2.79. The van der Waals surface area contributed by atoms with E-state index in [4.69, 9.17) is 9.47 Å². The first-order valence-corrected chi connectivity index (χ1v) is 8.99. The Bertz CT molecular complexity index is 1000. The van der Waals surface area contributed by atoms with Crippen LogP contribution in [0, 0.1) is 0 Å². The van der Waals surface area contributed by atoms with E-state index in [1.165, 1.54) is 0 Å². The number of rotatable bonds is 7. The van der Waals surface area contributed by atoms with Gasteiger partial charge in [0.2, 0.25) is 0 Å². The van der Waals surface area contributed by atoms with Gasteiger partial charge in [-0.25, -0.2) is 9.59 Å². The van der Waals surface area contributed by atoms with E-state index in [-0.39, 0.29) is 13.2 Å². The number of esters is 1. The summed E-state index contributed by atoms with van der Waals surface area (Å²) in [6, 6.07) is 21.8. The van der Waals surface area contributed by atoms with E-state index < -0.39 is 24.5 Å². The molecule has 0 fully saturated rings. The number of carbonyl (C=O) groups is 3. The van der Waals surface area contributed by atoms with E-state index in [0.29, 0.717) is 5.75 Å². The number of nitrogens with one attached hydrogen (secondary N) is 2. The zero-order valence-corrected chi connectivity index (χ0v) is 15.6. The topological polar surface area (TPSA) is 93.7 Å². The summed E-state index contributed by atoms with van der Waals surface area (Å²) in [6.07, 6.45) is 0. The van der Waals surface area contributed by atoms with Crippen LogP contribution < -0.4 is 15.4 Å². The Morgan fingerprint density at radius 1 is 0.793 bits per heavy atom. The van der Waals surface area contributed by atoms with Gasteiger partial charge in [0.15, 0.2) is 13.2 Å². The van der Waals surface area contributed by atoms with E-state index >= 15 is 0 Å². The van der Waals surface area contributed by atoms with Crippen molar-refractivity contribution in [3.05, 3.63) is 78.4 Å². The Hall–Kier alpha value is -3.87. The van der Waals surface area contributed by atoms with Crippen molar-refractivity contribution in [2.45, 2.75) is 6.54 Å². The van der Waals surface area contributed by atoms with Gasteiger partial charge in [-0.05, 0) is 28.5 Å². The Morgan fingerprint density at radius 3 is 2.31 bits per heavy atom. The maximum Gasteiger partial charge on any atom is 0.344 e. The second-order valence-electron chi connectivity index (χ2n) is 6.17. The summed E-state index contributed by atoms with van der Waals surface area (Å²) in [5.41, 5.74) is 0.896. The standard InChI is InChI=1S/C22H20N2O5/c25-20(24-22(27)23-13-16-6-2-1-3-7-16)14-29-21(26)15-28-19-11-10-17-8-4-5-9-18(17)12-19/h1-12H,13-15H2,(H2,23,24,25,27). The highest BCUT2D eigenvalue weighted by atomic mass is 16.6. The number of imide groups is 1. The van der Waals surface area contributed by atoms with Crippen LogP contribution in [-0.4, -0.2) is 31.1 Å². The number of ether oxygens (including phenoxy) is 2. The quantitative estimate of drug-likeness (QED) is 0.603. The molecule has 0 atom stereocenters. The number of benzene rings is 3. The van der Waals surface area contributed by atoms with Crippen LogP contribution in [0.15, 0.2) is 72.8 Å². The molecule has 0 radical (unpaired) electrons. The molecule has 0 aliphatic carbocycles. The third-order valence-corrected chi connectivity index (χ3v) is 3.99. The molecule has 3 aromatic carbocycles.